The zero-order valence-corrected chi connectivity index (χ0v) is 9.07. The van der Waals surface area contributed by atoms with E-state index in [-0.39, 0.29) is 17.6 Å². The predicted octanol–water partition coefficient (Wildman–Crippen LogP) is 1.33. The third kappa shape index (κ3) is 2.73. The van der Waals surface area contributed by atoms with Crippen LogP contribution in [0.3, 0.4) is 0 Å². The van der Waals surface area contributed by atoms with Crippen LogP contribution in [0.4, 0.5) is 5.69 Å². The van der Waals surface area contributed by atoms with E-state index in [1.807, 2.05) is 0 Å². The molecule has 0 radical (unpaired) electrons. The van der Waals surface area contributed by atoms with Crippen molar-refractivity contribution in [3.05, 3.63) is 24.3 Å². The molecule has 1 aromatic rings. The average Bonchev–Trinajstić information content (AvgIpc) is 2.30. The summed E-state index contributed by atoms with van der Waals surface area (Å²) in [6.07, 6.45) is 1.97. The summed E-state index contributed by atoms with van der Waals surface area (Å²) < 4.78 is 0. The van der Waals surface area contributed by atoms with E-state index in [1.54, 1.807) is 24.3 Å². The monoisotopic (exact) mass is 220 g/mol. The highest BCUT2D eigenvalue weighted by atomic mass is 16.3. The molecule has 0 aromatic heterocycles. The molecule has 1 aliphatic rings. The standard InChI is InChI=1S/C12H16N2O2/c15-11-5-1-4-10(7-11)14-12(16)9-3-2-6-13-8-9/h1,4-5,7,9,13,15H,2-3,6,8H2,(H,14,16)/t9-/m0/s1. The summed E-state index contributed by atoms with van der Waals surface area (Å²) in [4.78, 5) is 11.8. The lowest BCUT2D eigenvalue weighted by atomic mass is 9.99. The van der Waals surface area contributed by atoms with Crippen LogP contribution < -0.4 is 10.6 Å². The molecule has 1 atom stereocenters. The molecule has 0 bridgehead atoms. The Balaban J connectivity index is 1.96. The third-order valence-corrected chi connectivity index (χ3v) is 2.78. The minimum absolute atomic E-state index is 0.0257. The van der Waals surface area contributed by atoms with Crippen LogP contribution >= 0.6 is 0 Å². The lowest BCUT2D eigenvalue weighted by Gasteiger charge is -2.21. The second-order valence-corrected chi connectivity index (χ2v) is 4.08. The first-order valence-electron chi connectivity index (χ1n) is 5.56. The Labute approximate surface area is 94.7 Å². The summed E-state index contributed by atoms with van der Waals surface area (Å²) in [7, 11) is 0. The maximum Gasteiger partial charge on any atom is 0.228 e. The van der Waals surface area contributed by atoms with E-state index in [1.165, 1.54) is 0 Å². The molecule has 1 fully saturated rings. The van der Waals surface area contributed by atoms with Crippen molar-refractivity contribution in [2.45, 2.75) is 12.8 Å². The number of anilines is 1. The summed E-state index contributed by atoms with van der Waals surface area (Å²) in [5.41, 5.74) is 0.649. The van der Waals surface area contributed by atoms with Gasteiger partial charge in [-0.15, -0.1) is 0 Å². The Hall–Kier alpha value is -1.55. The maximum atomic E-state index is 11.8. The van der Waals surface area contributed by atoms with Gasteiger partial charge in [-0.25, -0.2) is 0 Å². The van der Waals surface area contributed by atoms with Gasteiger partial charge >= 0.3 is 0 Å². The Morgan fingerprint density at radius 3 is 3.06 bits per heavy atom. The van der Waals surface area contributed by atoms with Gasteiger partial charge in [-0.1, -0.05) is 6.07 Å². The van der Waals surface area contributed by atoms with Gasteiger partial charge in [0.25, 0.3) is 0 Å². The van der Waals surface area contributed by atoms with E-state index >= 15 is 0 Å². The van der Waals surface area contributed by atoms with Gasteiger partial charge in [0.05, 0.1) is 5.92 Å². The van der Waals surface area contributed by atoms with Gasteiger partial charge in [0.1, 0.15) is 5.75 Å². The van der Waals surface area contributed by atoms with Crippen LogP contribution in [0.15, 0.2) is 24.3 Å². The Morgan fingerprint density at radius 2 is 2.38 bits per heavy atom. The number of aromatic hydroxyl groups is 1. The molecule has 1 aromatic carbocycles. The number of phenols is 1. The highest BCUT2D eigenvalue weighted by molar-refractivity contribution is 5.92. The Morgan fingerprint density at radius 1 is 1.50 bits per heavy atom. The van der Waals surface area contributed by atoms with E-state index in [2.05, 4.69) is 10.6 Å². The highest BCUT2D eigenvalue weighted by Gasteiger charge is 2.20. The molecule has 0 aliphatic carbocycles. The number of nitrogens with one attached hydrogen (secondary N) is 2. The van der Waals surface area contributed by atoms with Crippen LogP contribution in [-0.4, -0.2) is 24.1 Å². The number of carbonyl (C=O) groups excluding carboxylic acids is 1. The van der Waals surface area contributed by atoms with E-state index in [0.29, 0.717) is 5.69 Å². The molecular weight excluding hydrogens is 204 g/mol. The minimum Gasteiger partial charge on any atom is -0.508 e. The summed E-state index contributed by atoms with van der Waals surface area (Å²) in [6.45, 7) is 1.74. The van der Waals surface area contributed by atoms with Crippen LogP contribution in [0.5, 0.6) is 5.75 Å². The molecule has 4 heteroatoms. The molecule has 0 saturated carbocycles. The van der Waals surface area contributed by atoms with Crippen molar-refractivity contribution in [1.29, 1.82) is 0 Å². The van der Waals surface area contributed by atoms with Crippen molar-refractivity contribution < 1.29 is 9.90 Å². The molecule has 1 heterocycles. The van der Waals surface area contributed by atoms with Gasteiger partial charge in [-0.05, 0) is 31.5 Å². The van der Waals surface area contributed by atoms with Crippen LogP contribution in [-0.2, 0) is 4.79 Å². The summed E-state index contributed by atoms with van der Waals surface area (Å²) in [5.74, 6) is 0.230. The Kier molecular flexibility index (Phi) is 3.41. The molecule has 16 heavy (non-hydrogen) atoms. The first-order valence-corrected chi connectivity index (χ1v) is 5.56. The molecule has 4 nitrogen and oxygen atoms in total. The normalized spacial score (nSPS) is 20.4. The molecule has 1 saturated heterocycles. The first-order chi connectivity index (χ1) is 7.75. The summed E-state index contributed by atoms with van der Waals surface area (Å²) >= 11 is 0. The van der Waals surface area contributed by atoms with Crippen molar-refractivity contribution in [3.8, 4) is 5.75 Å². The van der Waals surface area contributed by atoms with E-state index in [0.717, 1.165) is 25.9 Å². The number of piperidine rings is 1. The molecule has 1 aliphatic heterocycles. The molecule has 3 N–H and O–H groups in total. The second-order valence-electron chi connectivity index (χ2n) is 4.08. The number of amides is 1. The molecule has 1 amide bonds. The molecule has 0 spiro atoms. The van der Waals surface area contributed by atoms with Gasteiger partial charge in [0.2, 0.25) is 5.91 Å². The van der Waals surface area contributed by atoms with Crippen molar-refractivity contribution in [3.63, 3.8) is 0 Å². The molecule has 86 valence electrons. The van der Waals surface area contributed by atoms with Gasteiger partial charge in [0.15, 0.2) is 0 Å². The highest BCUT2D eigenvalue weighted by Crippen LogP contribution is 2.18. The number of benzene rings is 1. The number of phenolic OH excluding ortho intramolecular Hbond substituents is 1. The number of hydrogen-bond acceptors (Lipinski definition) is 3. The third-order valence-electron chi connectivity index (χ3n) is 2.78. The smallest absolute Gasteiger partial charge is 0.228 e. The van der Waals surface area contributed by atoms with E-state index < -0.39 is 0 Å². The summed E-state index contributed by atoms with van der Waals surface area (Å²) in [5, 5.41) is 15.3. The van der Waals surface area contributed by atoms with Crippen molar-refractivity contribution >= 4 is 11.6 Å². The SMILES string of the molecule is O=C(Nc1cccc(O)c1)[C@H]1CCCNC1. The molecule has 2 rings (SSSR count). The van der Waals surface area contributed by atoms with E-state index in [9.17, 15) is 9.90 Å². The zero-order chi connectivity index (χ0) is 11.4. The zero-order valence-electron chi connectivity index (χ0n) is 9.07. The van der Waals surface area contributed by atoms with Crippen LogP contribution in [0.1, 0.15) is 12.8 Å². The Bertz CT molecular complexity index is 373. The fourth-order valence-corrected chi connectivity index (χ4v) is 1.90. The molecular formula is C12H16N2O2. The van der Waals surface area contributed by atoms with E-state index in [4.69, 9.17) is 0 Å². The average molecular weight is 220 g/mol. The van der Waals surface area contributed by atoms with Crippen LogP contribution in [0, 0.1) is 5.92 Å². The lowest BCUT2D eigenvalue weighted by molar-refractivity contribution is -0.120. The summed E-state index contributed by atoms with van der Waals surface area (Å²) in [6, 6.07) is 6.61. The van der Waals surface area contributed by atoms with Crippen molar-refractivity contribution in [2.75, 3.05) is 18.4 Å². The topological polar surface area (TPSA) is 61.4 Å². The van der Waals surface area contributed by atoms with Crippen molar-refractivity contribution in [1.82, 2.24) is 5.32 Å². The van der Waals surface area contributed by atoms with Crippen LogP contribution in [0.25, 0.3) is 0 Å². The maximum absolute atomic E-state index is 11.8. The quantitative estimate of drug-likeness (QED) is 0.704. The molecule has 0 unspecified atom stereocenters. The fraction of sp³-hybridized carbons (Fsp3) is 0.417. The number of hydrogen-bond donors (Lipinski definition) is 3. The van der Waals surface area contributed by atoms with Crippen molar-refractivity contribution in [2.24, 2.45) is 5.92 Å². The first kappa shape index (κ1) is 11.0. The largest absolute Gasteiger partial charge is 0.508 e. The van der Waals surface area contributed by atoms with Gasteiger partial charge < -0.3 is 15.7 Å². The fourth-order valence-electron chi connectivity index (χ4n) is 1.90. The minimum atomic E-state index is 0.0257. The number of carbonyl (C=O) groups is 1. The second kappa shape index (κ2) is 4.99. The van der Waals surface area contributed by atoms with Gasteiger partial charge in [-0.2, -0.15) is 0 Å². The van der Waals surface area contributed by atoms with Gasteiger partial charge in [-0.3, -0.25) is 4.79 Å². The van der Waals surface area contributed by atoms with Crippen LogP contribution in [0.2, 0.25) is 0 Å². The predicted molar refractivity (Wildman–Crippen MR) is 62.3 cm³/mol. The lowest BCUT2D eigenvalue weighted by Crippen LogP contribution is -2.37. The number of rotatable bonds is 2. The van der Waals surface area contributed by atoms with Gasteiger partial charge in [0, 0.05) is 18.3 Å².